The summed E-state index contributed by atoms with van der Waals surface area (Å²) in [5.74, 6) is 0.988. The van der Waals surface area contributed by atoms with Crippen molar-refractivity contribution in [1.29, 1.82) is 0 Å². The molecular formula is C17H25Cl2N. The predicted octanol–water partition coefficient (Wildman–Crippen LogP) is 6.00. The van der Waals surface area contributed by atoms with Crippen LogP contribution in [0.3, 0.4) is 0 Å². The smallest absolute Gasteiger partial charge is 0.0595 e. The van der Waals surface area contributed by atoms with Crippen LogP contribution in [0.5, 0.6) is 0 Å². The fourth-order valence-electron chi connectivity index (χ4n) is 3.19. The largest absolute Gasteiger partial charge is 0.310 e. The summed E-state index contributed by atoms with van der Waals surface area (Å²) in [5, 5.41) is 4.93. The first-order valence-corrected chi connectivity index (χ1v) is 8.64. The number of hydrogen-bond donors (Lipinski definition) is 1. The molecule has 0 heterocycles. The highest BCUT2D eigenvalue weighted by molar-refractivity contribution is 6.42. The Labute approximate surface area is 133 Å². The maximum Gasteiger partial charge on any atom is 0.0595 e. The van der Waals surface area contributed by atoms with E-state index in [2.05, 4.69) is 18.3 Å². The number of halogens is 2. The second kappa shape index (κ2) is 8.26. The van der Waals surface area contributed by atoms with Crippen molar-refractivity contribution in [1.82, 2.24) is 5.32 Å². The molecule has 0 amide bonds. The normalized spacial score (nSPS) is 17.6. The van der Waals surface area contributed by atoms with Gasteiger partial charge >= 0.3 is 0 Å². The molecule has 1 N–H and O–H groups in total. The molecule has 20 heavy (non-hydrogen) atoms. The second-order valence-electron chi connectivity index (χ2n) is 5.88. The molecule has 0 radical (unpaired) electrons. The number of nitrogens with one attached hydrogen (secondary N) is 1. The third-order valence-electron chi connectivity index (χ3n) is 4.41. The Kier molecular flexibility index (Phi) is 6.67. The molecule has 1 atom stereocenters. The molecule has 3 heteroatoms. The lowest BCUT2D eigenvalue weighted by Crippen LogP contribution is -2.22. The van der Waals surface area contributed by atoms with Crippen molar-refractivity contribution in [2.75, 3.05) is 6.54 Å². The summed E-state index contributed by atoms with van der Waals surface area (Å²) >= 11 is 12.1. The second-order valence-corrected chi connectivity index (χ2v) is 6.70. The summed E-state index contributed by atoms with van der Waals surface area (Å²) in [6.45, 7) is 3.30. The Morgan fingerprint density at radius 2 is 1.95 bits per heavy atom. The van der Waals surface area contributed by atoms with Crippen LogP contribution in [0, 0.1) is 5.92 Å². The van der Waals surface area contributed by atoms with Crippen molar-refractivity contribution in [3.05, 3.63) is 33.8 Å². The van der Waals surface area contributed by atoms with E-state index in [4.69, 9.17) is 23.2 Å². The summed E-state index contributed by atoms with van der Waals surface area (Å²) in [5.41, 5.74) is 1.24. The van der Waals surface area contributed by atoms with E-state index in [1.807, 2.05) is 12.1 Å². The fraction of sp³-hybridized carbons (Fsp3) is 0.647. The van der Waals surface area contributed by atoms with E-state index in [1.54, 1.807) is 0 Å². The van der Waals surface area contributed by atoms with Gasteiger partial charge in [-0.2, -0.15) is 0 Å². The molecule has 0 bridgehead atoms. The highest BCUT2D eigenvalue weighted by Crippen LogP contribution is 2.29. The van der Waals surface area contributed by atoms with Crippen LogP contribution in [0.1, 0.15) is 63.5 Å². The van der Waals surface area contributed by atoms with Gasteiger partial charge in [0.1, 0.15) is 0 Å². The minimum absolute atomic E-state index is 0.383. The number of benzene rings is 1. The molecule has 112 valence electrons. The third kappa shape index (κ3) is 4.65. The third-order valence-corrected chi connectivity index (χ3v) is 5.15. The van der Waals surface area contributed by atoms with Gasteiger partial charge in [-0.25, -0.2) is 0 Å². The number of rotatable bonds is 7. The zero-order valence-electron chi connectivity index (χ0n) is 12.3. The summed E-state index contributed by atoms with van der Waals surface area (Å²) in [4.78, 5) is 0. The van der Waals surface area contributed by atoms with E-state index in [9.17, 15) is 0 Å². The summed E-state index contributed by atoms with van der Waals surface area (Å²) in [6, 6.07) is 6.34. The molecule has 1 unspecified atom stereocenters. The van der Waals surface area contributed by atoms with Gasteiger partial charge in [0.05, 0.1) is 10.0 Å². The van der Waals surface area contributed by atoms with Gasteiger partial charge in [-0.05, 0) is 49.4 Å². The molecule has 0 saturated heterocycles. The molecule has 1 aliphatic carbocycles. The zero-order valence-corrected chi connectivity index (χ0v) is 13.8. The van der Waals surface area contributed by atoms with E-state index in [0.717, 1.165) is 18.9 Å². The van der Waals surface area contributed by atoms with Crippen molar-refractivity contribution >= 4 is 23.2 Å². The summed E-state index contributed by atoms with van der Waals surface area (Å²) < 4.78 is 0. The standard InChI is InChI=1S/C17H25Cl2N/c1-2-17(14-9-10-15(18)16(19)12-14)20-11-5-8-13-6-3-4-7-13/h9-10,12-13,17,20H,2-8,11H2,1H3. The lowest BCUT2D eigenvalue weighted by Gasteiger charge is -2.18. The molecule has 1 saturated carbocycles. The van der Waals surface area contributed by atoms with Crippen molar-refractivity contribution in [3.8, 4) is 0 Å². The SMILES string of the molecule is CCC(NCCCC1CCCC1)c1ccc(Cl)c(Cl)c1. The zero-order chi connectivity index (χ0) is 14.4. The maximum absolute atomic E-state index is 6.10. The van der Waals surface area contributed by atoms with Crippen molar-refractivity contribution in [3.63, 3.8) is 0 Å². The fourth-order valence-corrected chi connectivity index (χ4v) is 3.50. The lowest BCUT2D eigenvalue weighted by molar-refractivity contribution is 0.444. The highest BCUT2D eigenvalue weighted by Gasteiger charge is 2.15. The molecule has 0 aliphatic heterocycles. The van der Waals surface area contributed by atoms with E-state index < -0.39 is 0 Å². The Bertz CT molecular complexity index is 413. The topological polar surface area (TPSA) is 12.0 Å². The molecule has 1 aromatic carbocycles. The Balaban J connectivity index is 1.77. The summed E-state index contributed by atoms with van der Waals surface area (Å²) in [7, 11) is 0. The van der Waals surface area contributed by atoms with Gasteiger partial charge in [-0.3, -0.25) is 0 Å². The molecule has 1 aliphatic rings. The number of hydrogen-bond acceptors (Lipinski definition) is 1. The van der Waals surface area contributed by atoms with Crippen molar-refractivity contribution in [2.45, 2.75) is 57.9 Å². The monoisotopic (exact) mass is 313 g/mol. The first-order chi connectivity index (χ1) is 9.70. The van der Waals surface area contributed by atoms with Gasteiger partial charge < -0.3 is 5.32 Å². The Morgan fingerprint density at radius 3 is 2.60 bits per heavy atom. The minimum atomic E-state index is 0.383. The van der Waals surface area contributed by atoms with Crippen LogP contribution in [0.25, 0.3) is 0 Å². The molecule has 0 spiro atoms. The molecule has 1 nitrogen and oxygen atoms in total. The highest BCUT2D eigenvalue weighted by atomic mass is 35.5. The molecule has 1 aromatic rings. The first kappa shape index (κ1) is 16.1. The summed E-state index contributed by atoms with van der Waals surface area (Å²) in [6.07, 6.45) is 9.51. The van der Waals surface area contributed by atoms with E-state index >= 15 is 0 Å². The van der Waals surface area contributed by atoms with Crippen LogP contribution in [-0.2, 0) is 0 Å². The van der Waals surface area contributed by atoms with Gasteiger partial charge in [-0.15, -0.1) is 0 Å². The predicted molar refractivity (Wildman–Crippen MR) is 88.7 cm³/mol. The molecule has 0 aromatic heterocycles. The van der Waals surface area contributed by atoms with Gasteiger partial charge in [0.2, 0.25) is 0 Å². The molecule has 2 rings (SSSR count). The minimum Gasteiger partial charge on any atom is -0.310 e. The average Bonchev–Trinajstić information content (AvgIpc) is 2.95. The lowest BCUT2D eigenvalue weighted by atomic mass is 10.0. The van der Waals surface area contributed by atoms with Crippen LogP contribution in [0.2, 0.25) is 10.0 Å². The quantitative estimate of drug-likeness (QED) is 0.608. The molecular weight excluding hydrogens is 289 g/mol. The van der Waals surface area contributed by atoms with Gasteiger partial charge in [-0.1, -0.05) is 61.9 Å². The van der Waals surface area contributed by atoms with Crippen molar-refractivity contribution in [2.24, 2.45) is 5.92 Å². The van der Waals surface area contributed by atoms with E-state index in [0.29, 0.717) is 16.1 Å². The Hall–Kier alpha value is -0.240. The van der Waals surface area contributed by atoms with Crippen LogP contribution in [0.4, 0.5) is 0 Å². The first-order valence-electron chi connectivity index (χ1n) is 7.89. The van der Waals surface area contributed by atoms with Crippen LogP contribution in [0.15, 0.2) is 18.2 Å². The molecule has 1 fully saturated rings. The average molecular weight is 314 g/mol. The van der Waals surface area contributed by atoms with Gasteiger partial charge in [0.25, 0.3) is 0 Å². The van der Waals surface area contributed by atoms with E-state index in [1.165, 1.54) is 44.1 Å². The van der Waals surface area contributed by atoms with Crippen molar-refractivity contribution < 1.29 is 0 Å². The van der Waals surface area contributed by atoms with E-state index in [-0.39, 0.29) is 0 Å². The maximum atomic E-state index is 6.10. The van der Waals surface area contributed by atoms with Crippen LogP contribution < -0.4 is 5.32 Å². The Morgan fingerprint density at radius 1 is 1.20 bits per heavy atom. The van der Waals surface area contributed by atoms with Gasteiger partial charge in [0, 0.05) is 6.04 Å². The van der Waals surface area contributed by atoms with Crippen LogP contribution >= 0.6 is 23.2 Å². The van der Waals surface area contributed by atoms with Crippen LogP contribution in [-0.4, -0.2) is 6.54 Å². The van der Waals surface area contributed by atoms with Gasteiger partial charge in [0.15, 0.2) is 0 Å².